The Morgan fingerprint density at radius 1 is 1.13 bits per heavy atom. The second-order valence-corrected chi connectivity index (χ2v) is 10.8. The van der Waals surface area contributed by atoms with Gasteiger partial charge in [-0.2, -0.15) is 5.10 Å². The first-order valence-electron chi connectivity index (χ1n) is 10.7. The number of aromatic nitrogens is 2. The molecule has 1 atom stereocenters. The van der Waals surface area contributed by atoms with Crippen LogP contribution in [0.1, 0.15) is 52.6 Å². The van der Waals surface area contributed by atoms with Crippen LogP contribution in [0.3, 0.4) is 0 Å². The SMILES string of the molecule is Cc1nn([C@@H]2CCS(=O)(=O)C2)c(C)c1C(=O)NC1CCN(Cc2ccccc2)CC1. The maximum absolute atomic E-state index is 13.0. The molecule has 0 aliphatic carbocycles. The largest absolute Gasteiger partial charge is 0.349 e. The number of amides is 1. The lowest BCUT2D eigenvalue weighted by Crippen LogP contribution is -2.44. The van der Waals surface area contributed by atoms with Crippen molar-refractivity contribution in [1.29, 1.82) is 0 Å². The highest BCUT2D eigenvalue weighted by Crippen LogP contribution is 2.27. The van der Waals surface area contributed by atoms with Crippen molar-refractivity contribution in [2.45, 2.75) is 51.7 Å². The zero-order chi connectivity index (χ0) is 21.3. The lowest BCUT2D eigenvalue weighted by atomic mass is 10.0. The summed E-state index contributed by atoms with van der Waals surface area (Å²) in [5, 5.41) is 7.70. The summed E-state index contributed by atoms with van der Waals surface area (Å²) in [6.07, 6.45) is 2.41. The maximum atomic E-state index is 13.0. The van der Waals surface area contributed by atoms with Crippen molar-refractivity contribution in [2.24, 2.45) is 0 Å². The van der Waals surface area contributed by atoms with Crippen LogP contribution < -0.4 is 5.32 Å². The van der Waals surface area contributed by atoms with E-state index in [4.69, 9.17) is 0 Å². The van der Waals surface area contributed by atoms with Crippen LogP contribution >= 0.6 is 0 Å². The molecule has 1 N–H and O–H groups in total. The normalized spacial score (nSPS) is 22.3. The zero-order valence-corrected chi connectivity index (χ0v) is 18.5. The van der Waals surface area contributed by atoms with E-state index < -0.39 is 9.84 Å². The van der Waals surface area contributed by atoms with E-state index >= 15 is 0 Å². The van der Waals surface area contributed by atoms with E-state index in [1.54, 1.807) is 4.68 Å². The average Bonchev–Trinajstić information content (AvgIpc) is 3.22. The molecule has 1 aromatic heterocycles. The Labute approximate surface area is 178 Å². The maximum Gasteiger partial charge on any atom is 0.255 e. The number of piperidine rings is 1. The minimum absolute atomic E-state index is 0.0985. The van der Waals surface area contributed by atoms with E-state index in [1.165, 1.54) is 5.56 Å². The van der Waals surface area contributed by atoms with Crippen molar-refractivity contribution >= 4 is 15.7 Å². The molecule has 30 heavy (non-hydrogen) atoms. The first-order chi connectivity index (χ1) is 14.3. The van der Waals surface area contributed by atoms with Crippen molar-refractivity contribution < 1.29 is 13.2 Å². The van der Waals surface area contributed by atoms with Crippen molar-refractivity contribution in [2.75, 3.05) is 24.6 Å². The van der Waals surface area contributed by atoms with Crippen molar-refractivity contribution in [3.63, 3.8) is 0 Å². The highest BCUT2D eigenvalue weighted by Gasteiger charge is 2.33. The van der Waals surface area contributed by atoms with Gasteiger partial charge in [0.25, 0.3) is 5.91 Å². The van der Waals surface area contributed by atoms with Gasteiger partial charge in [0, 0.05) is 31.4 Å². The smallest absolute Gasteiger partial charge is 0.255 e. The predicted molar refractivity (Wildman–Crippen MR) is 116 cm³/mol. The van der Waals surface area contributed by atoms with Gasteiger partial charge in [-0.3, -0.25) is 14.4 Å². The van der Waals surface area contributed by atoms with Crippen LogP contribution in [0.2, 0.25) is 0 Å². The van der Waals surface area contributed by atoms with Crippen molar-refractivity contribution in [3.8, 4) is 0 Å². The first-order valence-corrected chi connectivity index (χ1v) is 12.5. The topological polar surface area (TPSA) is 84.3 Å². The van der Waals surface area contributed by atoms with E-state index in [0.29, 0.717) is 17.7 Å². The molecule has 0 radical (unpaired) electrons. The van der Waals surface area contributed by atoms with Gasteiger partial charge in [0.1, 0.15) is 0 Å². The Morgan fingerprint density at radius 2 is 1.83 bits per heavy atom. The Kier molecular flexibility index (Phi) is 5.97. The van der Waals surface area contributed by atoms with Crippen LogP contribution in [0.4, 0.5) is 0 Å². The Balaban J connectivity index is 1.36. The van der Waals surface area contributed by atoms with Crippen LogP contribution in [0.25, 0.3) is 0 Å². The van der Waals surface area contributed by atoms with Gasteiger partial charge in [0.15, 0.2) is 9.84 Å². The van der Waals surface area contributed by atoms with E-state index in [1.807, 2.05) is 19.9 Å². The zero-order valence-electron chi connectivity index (χ0n) is 17.7. The average molecular weight is 431 g/mol. The van der Waals surface area contributed by atoms with Gasteiger partial charge in [-0.25, -0.2) is 8.42 Å². The molecule has 2 aromatic rings. The Hall–Kier alpha value is -2.19. The molecule has 0 saturated carbocycles. The summed E-state index contributed by atoms with van der Waals surface area (Å²) < 4.78 is 25.4. The summed E-state index contributed by atoms with van der Waals surface area (Å²) in [7, 11) is -3.00. The van der Waals surface area contributed by atoms with Crippen molar-refractivity contribution in [1.82, 2.24) is 20.0 Å². The summed E-state index contributed by atoms with van der Waals surface area (Å²) in [5.41, 5.74) is 3.32. The molecule has 0 unspecified atom stereocenters. The third kappa shape index (κ3) is 4.59. The molecule has 8 heteroatoms. The minimum Gasteiger partial charge on any atom is -0.349 e. The second kappa shape index (κ2) is 8.51. The minimum atomic E-state index is -3.00. The number of likely N-dealkylation sites (tertiary alicyclic amines) is 1. The number of rotatable bonds is 5. The summed E-state index contributed by atoms with van der Waals surface area (Å²) in [4.78, 5) is 15.4. The molecule has 4 rings (SSSR count). The standard InChI is InChI=1S/C22H30N4O3S/c1-16-21(17(2)26(24-16)20-10-13-30(28,29)15-20)22(27)23-19-8-11-25(12-9-19)14-18-6-4-3-5-7-18/h3-7,19-20H,8-15H2,1-2H3,(H,23,27)/t20-/m1/s1. The van der Waals surface area contributed by atoms with Crippen LogP contribution in [0.15, 0.2) is 30.3 Å². The number of aryl methyl sites for hydroxylation is 1. The van der Waals surface area contributed by atoms with Gasteiger partial charge in [0.2, 0.25) is 0 Å². The third-order valence-corrected chi connectivity index (χ3v) is 8.03. The fourth-order valence-electron chi connectivity index (χ4n) is 4.65. The van der Waals surface area contributed by atoms with Crippen LogP contribution in [0, 0.1) is 13.8 Å². The lowest BCUT2D eigenvalue weighted by molar-refractivity contribution is 0.0907. The van der Waals surface area contributed by atoms with Crippen LogP contribution in [-0.2, 0) is 16.4 Å². The van der Waals surface area contributed by atoms with E-state index in [-0.39, 0.29) is 29.5 Å². The predicted octanol–water partition coefficient (Wildman–Crippen LogP) is 2.25. The summed E-state index contributed by atoms with van der Waals surface area (Å²) >= 11 is 0. The number of nitrogens with one attached hydrogen (secondary N) is 1. The molecule has 3 heterocycles. The van der Waals surface area contributed by atoms with Gasteiger partial charge in [-0.05, 0) is 38.7 Å². The Bertz CT molecular complexity index is 1010. The number of hydrogen-bond acceptors (Lipinski definition) is 5. The van der Waals surface area contributed by atoms with Gasteiger partial charge < -0.3 is 5.32 Å². The van der Waals surface area contributed by atoms with E-state index in [9.17, 15) is 13.2 Å². The van der Waals surface area contributed by atoms with E-state index in [0.717, 1.165) is 38.2 Å². The highest BCUT2D eigenvalue weighted by molar-refractivity contribution is 7.91. The third-order valence-electron chi connectivity index (χ3n) is 6.28. The molecule has 2 fully saturated rings. The monoisotopic (exact) mass is 430 g/mol. The molecule has 2 aliphatic heterocycles. The van der Waals surface area contributed by atoms with Gasteiger partial charge in [0.05, 0.1) is 28.8 Å². The van der Waals surface area contributed by atoms with Crippen LogP contribution in [0.5, 0.6) is 0 Å². The van der Waals surface area contributed by atoms with Gasteiger partial charge >= 0.3 is 0 Å². The van der Waals surface area contributed by atoms with E-state index in [2.05, 4.69) is 39.6 Å². The molecule has 1 aromatic carbocycles. The van der Waals surface area contributed by atoms with Crippen LogP contribution in [-0.4, -0.2) is 59.6 Å². The number of benzene rings is 1. The molecule has 1 amide bonds. The first kappa shape index (κ1) is 21.1. The number of carbonyl (C=O) groups excluding carboxylic acids is 1. The number of nitrogens with zero attached hydrogens (tertiary/aromatic N) is 3. The Morgan fingerprint density at radius 3 is 2.47 bits per heavy atom. The molecule has 162 valence electrons. The molecular formula is C22H30N4O3S. The number of carbonyl (C=O) groups is 1. The molecule has 2 saturated heterocycles. The van der Waals surface area contributed by atoms with Gasteiger partial charge in [-0.15, -0.1) is 0 Å². The second-order valence-electron chi connectivity index (χ2n) is 8.56. The molecular weight excluding hydrogens is 400 g/mol. The quantitative estimate of drug-likeness (QED) is 0.787. The molecule has 0 spiro atoms. The fraction of sp³-hybridized carbons (Fsp3) is 0.545. The van der Waals surface area contributed by atoms with Crippen molar-refractivity contribution in [3.05, 3.63) is 52.8 Å². The molecule has 0 bridgehead atoms. The highest BCUT2D eigenvalue weighted by atomic mass is 32.2. The lowest BCUT2D eigenvalue weighted by Gasteiger charge is -2.32. The summed E-state index contributed by atoms with van der Waals surface area (Å²) in [5.74, 6) is 0.202. The number of hydrogen-bond donors (Lipinski definition) is 1. The summed E-state index contributed by atoms with van der Waals surface area (Å²) in [6, 6.07) is 10.4. The molecule has 7 nitrogen and oxygen atoms in total. The van der Waals surface area contributed by atoms with Gasteiger partial charge in [-0.1, -0.05) is 30.3 Å². The molecule has 2 aliphatic rings. The fourth-order valence-corrected chi connectivity index (χ4v) is 6.34. The number of sulfone groups is 1. The summed E-state index contributed by atoms with van der Waals surface area (Å²) in [6.45, 7) is 6.54.